The summed E-state index contributed by atoms with van der Waals surface area (Å²) < 4.78 is 4.45. The first kappa shape index (κ1) is 16.4. The van der Waals surface area contributed by atoms with E-state index in [1.807, 2.05) is 23.1 Å². The van der Waals surface area contributed by atoms with Crippen molar-refractivity contribution in [1.82, 2.24) is 9.88 Å². The second kappa shape index (κ2) is 5.73. The summed E-state index contributed by atoms with van der Waals surface area (Å²) >= 11 is 3.82. The van der Waals surface area contributed by atoms with E-state index in [0.717, 1.165) is 17.6 Å². The van der Waals surface area contributed by atoms with Crippen LogP contribution in [0.5, 0.6) is 0 Å². The molecule has 6 heteroatoms. The summed E-state index contributed by atoms with van der Waals surface area (Å²) in [7, 11) is 0. The first-order valence-electron chi connectivity index (χ1n) is 8.45. The topological polar surface area (TPSA) is 62.4 Å². The first-order chi connectivity index (χ1) is 12.0. The number of H-pyrrole nitrogens is 1. The van der Waals surface area contributed by atoms with Crippen molar-refractivity contribution in [3.05, 3.63) is 46.7 Å². The molecule has 1 fully saturated rings. The maximum absolute atomic E-state index is 12.9. The van der Waals surface area contributed by atoms with Crippen LogP contribution in [0.25, 0.3) is 10.9 Å². The maximum Gasteiger partial charge on any atom is 0.334 e. The van der Waals surface area contributed by atoms with Gasteiger partial charge in [0.1, 0.15) is 4.45 Å². The number of aromatic amines is 1. The lowest BCUT2D eigenvalue weighted by Gasteiger charge is -2.37. The van der Waals surface area contributed by atoms with E-state index in [9.17, 15) is 9.59 Å². The summed E-state index contributed by atoms with van der Waals surface area (Å²) in [6.07, 6.45) is 1.24. The number of fused-ring (bicyclic) bond motifs is 5. The highest BCUT2D eigenvalue weighted by Gasteiger charge is 2.52. The van der Waals surface area contributed by atoms with Crippen LogP contribution in [0.4, 0.5) is 0 Å². The normalized spacial score (nSPS) is 24.3. The van der Waals surface area contributed by atoms with Gasteiger partial charge in [-0.1, -0.05) is 34.1 Å². The Morgan fingerprint density at radius 2 is 2.16 bits per heavy atom. The van der Waals surface area contributed by atoms with Crippen LogP contribution >= 0.6 is 15.9 Å². The average molecular weight is 403 g/mol. The number of rotatable bonds is 2. The zero-order valence-corrected chi connectivity index (χ0v) is 15.8. The number of nitrogens with one attached hydrogen (secondary N) is 1. The average Bonchev–Trinajstić information content (AvgIpc) is 3.11. The Balaban J connectivity index is 1.83. The van der Waals surface area contributed by atoms with Gasteiger partial charge in [0.05, 0.1) is 12.3 Å². The fourth-order valence-electron chi connectivity index (χ4n) is 3.90. The van der Waals surface area contributed by atoms with Crippen LogP contribution in [-0.2, 0) is 25.2 Å². The van der Waals surface area contributed by atoms with Crippen LogP contribution in [0.2, 0.25) is 0 Å². The molecule has 0 aliphatic carbocycles. The van der Waals surface area contributed by atoms with Crippen molar-refractivity contribution in [3.8, 4) is 0 Å². The molecule has 2 aliphatic heterocycles. The highest BCUT2D eigenvalue weighted by molar-refractivity contribution is 9.09. The van der Waals surface area contributed by atoms with Crippen molar-refractivity contribution in [2.45, 2.75) is 31.1 Å². The molecule has 0 spiro atoms. The van der Waals surface area contributed by atoms with Gasteiger partial charge in [-0.3, -0.25) is 4.79 Å². The minimum Gasteiger partial charge on any atom is -0.463 e. The summed E-state index contributed by atoms with van der Waals surface area (Å²) in [5.41, 5.74) is 4.26. The molecule has 0 bridgehead atoms. The molecule has 0 radical (unpaired) electrons. The molecule has 130 valence electrons. The number of nitrogens with zero attached hydrogens (tertiary/aromatic N) is 1. The quantitative estimate of drug-likeness (QED) is 0.362. The van der Waals surface area contributed by atoms with Crippen LogP contribution in [-0.4, -0.2) is 34.9 Å². The van der Waals surface area contributed by atoms with Gasteiger partial charge in [0.25, 0.3) is 5.91 Å². The van der Waals surface area contributed by atoms with Crippen molar-refractivity contribution in [1.29, 1.82) is 0 Å². The molecule has 0 saturated carbocycles. The largest absolute Gasteiger partial charge is 0.463 e. The Bertz CT molecular complexity index is 930. The molecular weight excluding hydrogens is 384 g/mol. The molecule has 2 aromatic rings. The summed E-state index contributed by atoms with van der Waals surface area (Å²) in [6.45, 7) is 4.36. The third-order valence-electron chi connectivity index (χ3n) is 5.16. The van der Waals surface area contributed by atoms with Crippen LogP contribution in [0, 0.1) is 0 Å². The van der Waals surface area contributed by atoms with Crippen LogP contribution in [0.1, 0.15) is 31.5 Å². The summed E-state index contributed by atoms with van der Waals surface area (Å²) in [5.74, 6) is -0.509. The molecule has 1 unspecified atom stereocenters. The second-order valence-corrected chi connectivity index (χ2v) is 7.80. The van der Waals surface area contributed by atoms with Gasteiger partial charge >= 0.3 is 5.97 Å². The molecule has 4 rings (SSSR count). The molecule has 1 saturated heterocycles. The lowest BCUT2D eigenvalue weighted by molar-refractivity contribution is -0.139. The predicted octanol–water partition coefficient (Wildman–Crippen LogP) is 3.38. The van der Waals surface area contributed by atoms with Crippen molar-refractivity contribution in [2.75, 3.05) is 13.2 Å². The van der Waals surface area contributed by atoms with E-state index in [-0.39, 0.29) is 5.91 Å². The van der Waals surface area contributed by atoms with Crippen LogP contribution in [0.3, 0.4) is 0 Å². The Kier molecular flexibility index (Phi) is 3.76. The Hall–Kier alpha value is -2.08. The van der Waals surface area contributed by atoms with Crippen molar-refractivity contribution >= 4 is 38.7 Å². The van der Waals surface area contributed by atoms with E-state index >= 15 is 0 Å². The number of carbonyl (C=O) groups excluding carboxylic acids is 2. The third-order valence-corrected chi connectivity index (χ3v) is 6.26. The van der Waals surface area contributed by atoms with Gasteiger partial charge in [-0.25, -0.2) is 4.79 Å². The van der Waals surface area contributed by atoms with E-state index in [1.165, 1.54) is 10.9 Å². The zero-order chi connectivity index (χ0) is 17.8. The lowest BCUT2D eigenvalue weighted by atomic mass is 9.96. The lowest BCUT2D eigenvalue weighted by Crippen LogP contribution is -2.44. The summed E-state index contributed by atoms with van der Waals surface area (Å²) in [5, 5.41) is 1.20. The van der Waals surface area contributed by atoms with Gasteiger partial charge in [0.2, 0.25) is 0 Å². The van der Waals surface area contributed by atoms with Crippen LogP contribution in [0.15, 0.2) is 35.4 Å². The first-order valence-corrected chi connectivity index (χ1v) is 9.24. The fraction of sp³-hybridized carbons (Fsp3) is 0.368. The van der Waals surface area contributed by atoms with Crippen LogP contribution < -0.4 is 0 Å². The molecular formula is C19H19BrN2O3. The SMILES string of the molecule is CCOC(=O)/C(C)=C1\CC2(Br)c3[nH]c4ccccc4c3CCN2C1=O. The second-order valence-electron chi connectivity index (χ2n) is 6.49. The number of halogens is 1. The van der Waals surface area contributed by atoms with Gasteiger partial charge < -0.3 is 14.6 Å². The van der Waals surface area contributed by atoms with E-state index < -0.39 is 10.4 Å². The number of benzene rings is 1. The van der Waals surface area contributed by atoms with E-state index in [2.05, 4.69) is 27.0 Å². The molecule has 25 heavy (non-hydrogen) atoms. The molecule has 5 nitrogen and oxygen atoms in total. The maximum atomic E-state index is 12.9. The number of ether oxygens (including phenoxy) is 1. The number of carbonyl (C=O) groups is 2. The molecule has 1 atom stereocenters. The highest BCUT2D eigenvalue weighted by atomic mass is 79.9. The van der Waals surface area contributed by atoms with Gasteiger partial charge in [0, 0.05) is 35.0 Å². The number of hydrogen-bond acceptors (Lipinski definition) is 3. The van der Waals surface area contributed by atoms with Crippen molar-refractivity contribution < 1.29 is 14.3 Å². The molecule has 2 aliphatic rings. The number of amides is 1. The van der Waals surface area contributed by atoms with Gasteiger partial charge in [0.15, 0.2) is 0 Å². The van der Waals surface area contributed by atoms with Gasteiger partial charge in [-0.05, 0) is 31.9 Å². The minimum absolute atomic E-state index is 0.0910. The standard InChI is InChI=1S/C19H19BrN2O3/c1-3-25-18(24)11(2)14-10-19(20)16-13(8-9-22(19)17(14)23)12-6-4-5-7-15(12)21-16/h4-7,21H,3,8-10H2,1-2H3/b14-11+. The smallest absolute Gasteiger partial charge is 0.334 e. The number of esters is 1. The molecule has 1 aromatic carbocycles. The number of alkyl halides is 1. The third kappa shape index (κ3) is 2.27. The Morgan fingerprint density at radius 3 is 2.92 bits per heavy atom. The molecule has 1 N–H and O–H groups in total. The summed E-state index contributed by atoms with van der Waals surface area (Å²) in [4.78, 5) is 30.3. The predicted molar refractivity (Wildman–Crippen MR) is 98.3 cm³/mol. The van der Waals surface area contributed by atoms with E-state index in [1.54, 1.807) is 13.8 Å². The molecule has 3 heterocycles. The monoisotopic (exact) mass is 402 g/mol. The van der Waals surface area contributed by atoms with Crippen molar-refractivity contribution in [2.24, 2.45) is 0 Å². The summed E-state index contributed by atoms with van der Waals surface area (Å²) in [6, 6.07) is 8.18. The number of para-hydroxylation sites is 1. The fourth-order valence-corrected chi connectivity index (χ4v) is 4.85. The van der Waals surface area contributed by atoms with Gasteiger partial charge in [-0.2, -0.15) is 0 Å². The minimum atomic E-state index is -0.625. The van der Waals surface area contributed by atoms with Gasteiger partial charge in [-0.15, -0.1) is 0 Å². The molecule has 1 amide bonds. The number of hydrogen-bond donors (Lipinski definition) is 1. The molecule has 1 aromatic heterocycles. The Morgan fingerprint density at radius 1 is 1.40 bits per heavy atom. The zero-order valence-electron chi connectivity index (χ0n) is 14.2. The Labute approximate surface area is 154 Å². The number of aromatic nitrogens is 1. The van der Waals surface area contributed by atoms with Crippen molar-refractivity contribution in [3.63, 3.8) is 0 Å². The van der Waals surface area contributed by atoms with E-state index in [0.29, 0.717) is 30.7 Å². The van der Waals surface area contributed by atoms with E-state index in [4.69, 9.17) is 4.74 Å². The highest BCUT2D eigenvalue weighted by Crippen LogP contribution is 2.52.